The molecule has 0 spiro atoms. The Labute approximate surface area is 113 Å². The standard InChI is InChI=1S/C16H32S/c1-15(2,3)16(4,5)13-17-12-11-14-9-7-6-8-10-14/h14H,6-13H2,1-5H3. The van der Waals surface area contributed by atoms with Crippen molar-refractivity contribution in [2.24, 2.45) is 16.7 Å². The van der Waals surface area contributed by atoms with Crippen LogP contribution in [0.4, 0.5) is 0 Å². The first-order valence-corrected chi connectivity index (χ1v) is 8.56. The third-order valence-electron chi connectivity index (χ3n) is 4.89. The van der Waals surface area contributed by atoms with Gasteiger partial charge in [0.2, 0.25) is 0 Å². The summed E-state index contributed by atoms with van der Waals surface area (Å²) in [5.41, 5.74) is 0.870. The molecule has 1 fully saturated rings. The SMILES string of the molecule is CC(C)(C)C(C)(C)CSCCC1CCCCC1. The van der Waals surface area contributed by atoms with E-state index in [9.17, 15) is 0 Å². The van der Waals surface area contributed by atoms with Crippen LogP contribution in [0.2, 0.25) is 0 Å². The second-order valence-corrected chi connectivity index (χ2v) is 8.58. The highest BCUT2D eigenvalue weighted by Crippen LogP contribution is 2.40. The molecule has 0 aromatic rings. The van der Waals surface area contributed by atoms with Crippen LogP contribution < -0.4 is 0 Å². The summed E-state index contributed by atoms with van der Waals surface area (Å²) in [7, 11) is 0. The van der Waals surface area contributed by atoms with Gasteiger partial charge in [-0.1, -0.05) is 66.7 Å². The van der Waals surface area contributed by atoms with Gasteiger partial charge in [-0.2, -0.15) is 11.8 Å². The van der Waals surface area contributed by atoms with E-state index in [1.165, 1.54) is 50.0 Å². The fourth-order valence-corrected chi connectivity index (χ4v) is 3.86. The van der Waals surface area contributed by atoms with Crippen molar-refractivity contribution in [3.8, 4) is 0 Å². The normalized spacial score (nSPS) is 19.6. The minimum Gasteiger partial charge on any atom is -0.161 e. The van der Waals surface area contributed by atoms with Crippen LogP contribution in [-0.4, -0.2) is 11.5 Å². The Bertz CT molecular complexity index is 206. The minimum atomic E-state index is 0.421. The number of hydrogen-bond donors (Lipinski definition) is 0. The molecule has 1 heteroatoms. The Morgan fingerprint density at radius 3 is 2.06 bits per heavy atom. The second kappa shape index (κ2) is 6.50. The average molecular weight is 256 g/mol. The third kappa shape index (κ3) is 5.24. The van der Waals surface area contributed by atoms with Gasteiger partial charge in [-0.25, -0.2) is 0 Å². The fraction of sp³-hybridized carbons (Fsp3) is 1.00. The Balaban J connectivity index is 2.15. The van der Waals surface area contributed by atoms with Gasteiger partial charge in [-0.05, 0) is 34.7 Å². The quantitative estimate of drug-likeness (QED) is 0.563. The van der Waals surface area contributed by atoms with Crippen molar-refractivity contribution in [2.45, 2.75) is 73.1 Å². The van der Waals surface area contributed by atoms with Crippen LogP contribution >= 0.6 is 11.8 Å². The molecule has 17 heavy (non-hydrogen) atoms. The van der Waals surface area contributed by atoms with E-state index in [0.717, 1.165) is 5.92 Å². The summed E-state index contributed by atoms with van der Waals surface area (Å²) >= 11 is 2.18. The van der Waals surface area contributed by atoms with Crippen LogP contribution in [0.25, 0.3) is 0 Å². The second-order valence-electron chi connectivity index (χ2n) is 7.48. The van der Waals surface area contributed by atoms with Crippen LogP contribution in [0.15, 0.2) is 0 Å². The molecule has 0 amide bonds. The molecule has 1 saturated carbocycles. The minimum absolute atomic E-state index is 0.421. The third-order valence-corrected chi connectivity index (χ3v) is 6.34. The van der Waals surface area contributed by atoms with Crippen molar-refractivity contribution in [3.05, 3.63) is 0 Å². The molecule has 1 rings (SSSR count). The molecule has 0 unspecified atom stereocenters. The molecule has 0 N–H and O–H groups in total. The molecule has 0 saturated heterocycles. The summed E-state index contributed by atoms with van der Waals surface area (Å²) in [6, 6.07) is 0. The molecule has 0 aromatic carbocycles. The molecular formula is C16H32S. The van der Waals surface area contributed by atoms with Gasteiger partial charge in [0, 0.05) is 0 Å². The van der Waals surface area contributed by atoms with E-state index in [-0.39, 0.29) is 0 Å². The average Bonchev–Trinajstić information content (AvgIpc) is 2.24. The monoisotopic (exact) mass is 256 g/mol. The summed E-state index contributed by atoms with van der Waals surface area (Å²) in [5, 5.41) is 0. The zero-order chi connectivity index (χ0) is 12.9. The van der Waals surface area contributed by atoms with E-state index < -0.39 is 0 Å². The highest BCUT2D eigenvalue weighted by Gasteiger charge is 2.32. The molecule has 1 aliphatic carbocycles. The Kier molecular flexibility index (Phi) is 5.89. The first-order valence-electron chi connectivity index (χ1n) is 7.41. The molecular weight excluding hydrogens is 224 g/mol. The van der Waals surface area contributed by atoms with Crippen molar-refractivity contribution in [1.29, 1.82) is 0 Å². The topological polar surface area (TPSA) is 0 Å². The van der Waals surface area contributed by atoms with Crippen molar-refractivity contribution in [1.82, 2.24) is 0 Å². The van der Waals surface area contributed by atoms with Gasteiger partial charge < -0.3 is 0 Å². The Hall–Kier alpha value is 0.350. The van der Waals surface area contributed by atoms with Crippen LogP contribution in [0, 0.1) is 16.7 Å². The van der Waals surface area contributed by atoms with E-state index in [1.54, 1.807) is 0 Å². The van der Waals surface area contributed by atoms with Crippen LogP contribution in [0.5, 0.6) is 0 Å². The van der Waals surface area contributed by atoms with Gasteiger partial charge in [-0.15, -0.1) is 0 Å². The van der Waals surface area contributed by atoms with Gasteiger partial charge in [0.25, 0.3) is 0 Å². The molecule has 1 aliphatic rings. The first kappa shape index (κ1) is 15.4. The van der Waals surface area contributed by atoms with Crippen LogP contribution in [0.3, 0.4) is 0 Å². The molecule has 0 aliphatic heterocycles. The maximum absolute atomic E-state index is 2.42. The Morgan fingerprint density at radius 2 is 1.53 bits per heavy atom. The summed E-state index contributed by atoms with van der Waals surface area (Å²) in [4.78, 5) is 0. The lowest BCUT2D eigenvalue weighted by atomic mass is 9.71. The summed E-state index contributed by atoms with van der Waals surface area (Å²) in [5.74, 6) is 3.74. The zero-order valence-electron chi connectivity index (χ0n) is 12.6. The van der Waals surface area contributed by atoms with Gasteiger partial charge in [0.15, 0.2) is 0 Å². The van der Waals surface area contributed by atoms with Crippen molar-refractivity contribution < 1.29 is 0 Å². The highest BCUT2D eigenvalue weighted by molar-refractivity contribution is 7.99. The summed E-state index contributed by atoms with van der Waals surface area (Å²) < 4.78 is 0. The van der Waals surface area contributed by atoms with E-state index in [4.69, 9.17) is 0 Å². The molecule has 0 aromatic heterocycles. The van der Waals surface area contributed by atoms with Crippen molar-refractivity contribution in [2.75, 3.05) is 11.5 Å². The van der Waals surface area contributed by atoms with E-state index in [1.807, 2.05) is 0 Å². The highest BCUT2D eigenvalue weighted by atomic mass is 32.2. The maximum Gasteiger partial charge on any atom is -0.00111 e. The van der Waals surface area contributed by atoms with E-state index in [2.05, 4.69) is 46.4 Å². The summed E-state index contributed by atoms with van der Waals surface area (Å²) in [6.07, 6.45) is 8.93. The smallest absolute Gasteiger partial charge is 0.00111 e. The molecule has 0 nitrogen and oxygen atoms in total. The van der Waals surface area contributed by atoms with Crippen molar-refractivity contribution >= 4 is 11.8 Å². The number of thioether (sulfide) groups is 1. The fourth-order valence-electron chi connectivity index (χ4n) is 2.27. The van der Waals surface area contributed by atoms with Crippen molar-refractivity contribution in [3.63, 3.8) is 0 Å². The lowest BCUT2D eigenvalue weighted by Gasteiger charge is -2.38. The van der Waals surface area contributed by atoms with Gasteiger partial charge in [-0.3, -0.25) is 0 Å². The molecule has 0 atom stereocenters. The summed E-state index contributed by atoms with van der Waals surface area (Å²) in [6.45, 7) is 11.9. The van der Waals surface area contributed by atoms with Crippen LogP contribution in [0.1, 0.15) is 73.1 Å². The Morgan fingerprint density at radius 1 is 0.941 bits per heavy atom. The van der Waals surface area contributed by atoms with E-state index >= 15 is 0 Å². The predicted octanol–water partition coefficient (Wildman–Crippen LogP) is 5.76. The maximum atomic E-state index is 2.42. The number of hydrogen-bond acceptors (Lipinski definition) is 1. The molecule has 0 heterocycles. The van der Waals surface area contributed by atoms with E-state index in [0.29, 0.717) is 10.8 Å². The van der Waals surface area contributed by atoms with Gasteiger partial charge in [0.1, 0.15) is 0 Å². The molecule has 0 radical (unpaired) electrons. The molecule has 0 bridgehead atoms. The molecule has 102 valence electrons. The van der Waals surface area contributed by atoms with Crippen LogP contribution in [-0.2, 0) is 0 Å². The largest absolute Gasteiger partial charge is 0.161 e. The lowest BCUT2D eigenvalue weighted by molar-refractivity contribution is 0.162. The zero-order valence-corrected chi connectivity index (χ0v) is 13.5. The van der Waals surface area contributed by atoms with Gasteiger partial charge in [0.05, 0.1) is 0 Å². The first-order chi connectivity index (χ1) is 7.83. The lowest BCUT2D eigenvalue weighted by Crippen LogP contribution is -2.32. The predicted molar refractivity (Wildman–Crippen MR) is 81.8 cm³/mol. The van der Waals surface area contributed by atoms with Gasteiger partial charge >= 0.3 is 0 Å². The number of rotatable bonds is 5.